The highest BCUT2D eigenvalue weighted by Crippen LogP contribution is 2.20. The molecule has 0 aliphatic carbocycles. The van der Waals surface area contributed by atoms with Gasteiger partial charge in [-0.2, -0.15) is 0 Å². The second-order valence-corrected chi connectivity index (χ2v) is 7.80. The number of hydrogen-bond acceptors (Lipinski definition) is 4. The van der Waals surface area contributed by atoms with Gasteiger partial charge in [0.1, 0.15) is 0 Å². The number of nitrogens with zero attached hydrogens (tertiary/aromatic N) is 2. The van der Waals surface area contributed by atoms with Gasteiger partial charge in [0.25, 0.3) is 11.8 Å². The van der Waals surface area contributed by atoms with E-state index in [1.165, 1.54) is 4.90 Å². The summed E-state index contributed by atoms with van der Waals surface area (Å²) in [4.78, 5) is 41.7. The van der Waals surface area contributed by atoms with E-state index in [9.17, 15) is 14.4 Å². The first-order chi connectivity index (χ1) is 14.4. The molecule has 158 valence electrons. The van der Waals surface area contributed by atoms with Crippen LogP contribution in [-0.4, -0.2) is 48.9 Å². The molecule has 0 spiro atoms. The maximum atomic E-state index is 13.0. The molecule has 1 aliphatic rings. The third-order valence-electron chi connectivity index (χ3n) is 5.55. The highest BCUT2D eigenvalue weighted by molar-refractivity contribution is 6.12. The van der Waals surface area contributed by atoms with E-state index in [2.05, 4.69) is 6.92 Å². The Morgan fingerprint density at radius 2 is 1.53 bits per heavy atom. The van der Waals surface area contributed by atoms with Crippen molar-refractivity contribution in [1.82, 2.24) is 4.90 Å². The van der Waals surface area contributed by atoms with Gasteiger partial charge in [0.2, 0.25) is 0 Å². The molecule has 2 aromatic carbocycles. The predicted molar refractivity (Wildman–Crippen MR) is 115 cm³/mol. The Kier molecular flexibility index (Phi) is 6.87. The van der Waals surface area contributed by atoms with Crippen LogP contribution in [0.1, 0.15) is 47.4 Å². The third-order valence-corrected chi connectivity index (χ3v) is 5.55. The SMILES string of the molecule is CC1CCN(C(=O)[C@@H](C)OC(=O)c2ccccc2C(=O)N(C)c2ccccc2)CC1. The molecule has 0 bridgehead atoms. The largest absolute Gasteiger partial charge is 0.449 e. The van der Waals surface area contributed by atoms with E-state index in [1.54, 1.807) is 43.1 Å². The maximum absolute atomic E-state index is 13.0. The average molecular weight is 408 g/mol. The minimum Gasteiger partial charge on any atom is -0.449 e. The van der Waals surface area contributed by atoms with Gasteiger partial charge >= 0.3 is 5.97 Å². The summed E-state index contributed by atoms with van der Waals surface area (Å²) in [6, 6.07) is 15.7. The summed E-state index contributed by atoms with van der Waals surface area (Å²) in [6.45, 7) is 5.11. The monoisotopic (exact) mass is 408 g/mol. The Morgan fingerprint density at radius 1 is 0.967 bits per heavy atom. The van der Waals surface area contributed by atoms with Crippen molar-refractivity contribution in [2.45, 2.75) is 32.8 Å². The van der Waals surface area contributed by atoms with Crippen LogP contribution in [0.2, 0.25) is 0 Å². The molecular weight excluding hydrogens is 380 g/mol. The zero-order valence-electron chi connectivity index (χ0n) is 17.7. The minimum atomic E-state index is -0.902. The Labute approximate surface area is 177 Å². The van der Waals surface area contributed by atoms with Crippen molar-refractivity contribution in [2.24, 2.45) is 5.92 Å². The number of anilines is 1. The second kappa shape index (κ2) is 9.57. The molecule has 3 rings (SSSR count). The lowest BCUT2D eigenvalue weighted by Gasteiger charge is -2.32. The van der Waals surface area contributed by atoms with Crippen LogP contribution in [0, 0.1) is 5.92 Å². The average Bonchev–Trinajstić information content (AvgIpc) is 2.78. The normalized spacial score (nSPS) is 15.4. The van der Waals surface area contributed by atoms with Crippen LogP contribution < -0.4 is 4.90 Å². The highest BCUT2D eigenvalue weighted by Gasteiger charge is 2.28. The van der Waals surface area contributed by atoms with Crippen LogP contribution in [0.3, 0.4) is 0 Å². The first-order valence-corrected chi connectivity index (χ1v) is 10.3. The molecule has 1 heterocycles. The van der Waals surface area contributed by atoms with E-state index in [1.807, 2.05) is 30.3 Å². The van der Waals surface area contributed by atoms with Crippen molar-refractivity contribution in [3.8, 4) is 0 Å². The molecule has 1 atom stereocenters. The lowest BCUT2D eigenvalue weighted by atomic mass is 9.99. The molecule has 2 aromatic rings. The Hall–Kier alpha value is -3.15. The fourth-order valence-electron chi connectivity index (χ4n) is 3.56. The molecule has 2 amide bonds. The van der Waals surface area contributed by atoms with Crippen molar-refractivity contribution < 1.29 is 19.1 Å². The molecule has 0 N–H and O–H groups in total. The zero-order chi connectivity index (χ0) is 21.7. The fourth-order valence-corrected chi connectivity index (χ4v) is 3.56. The fraction of sp³-hybridized carbons (Fsp3) is 0.375. The van der Waals surface area contributed by atoms with Crippen LogP contribution in [0.25, 0.3) is 0 Å². The summed E-state index contributed by atoms with van der Waals surface area (Å²) in [6.07, 6.45) is 1.01. The molecule has 6 nitrogen and oxygen atoms in total. The molecular formula is C24H28N2O4. The van der Waals surface area contributed by atoms with Crippen LogP contribution in [0.5, 0.6) is 0 Å². The summed E-state index contributed by atoms with van der Waals surface area (Å²) in [7, 11) is 1.66. The first kappa shape index (κ1) is 21.6. The van der Waals surface area contributed by atoms with Crippen LogP contribution in [0.4, 0.5) is 5.69 Å². The summed E-state index contributed by atoms with van der Waals surface area (Å²) >= 11 is 0. The standard InChI is InChI=1S/C24H28N2O4/c1-17-13-15-26(16-14-17)22(27)18(2)30-24(29)21-12-8-7-11-20(21)23(28)25(3)19-9-5-4-6-10-19/h4-12,17-18H,13-16H2,1-3H3/t18-/m1/s1. The van der Waals surface area contributed by atoms with Gasteiger partial charge < -0.3 is 14.5 Å². The number of carbonyl (C=O) groups is 3. The summed E-state index contributed by atoms with van der Waals surface area (Å²) in [5.41, 5.74) is 1.10. The molecule has 0 aromatic heterocycles. The van der Waals surface area contributed by atoms with E-state index in [0.29, 0.717) is 24.7 Å². The topological polar surface area (TPSA) is 66.9 Å². The lowest BCUT2D eigenvalue weighted by Crippen LogP contribution is -2.44. The molecule has 0 radical (unpaired) electrons. The minimum absolute atomic E-state index is 0.150. The van der Waals surface area contributed by atoms with Gasteiger partial charge in [0, 0.05) is 25.8 Å². The number of hydrogen-bond donors (Lipinski definition) is 0. The second-order valence-electron chi connectivity index (χ2n) is 7.80. The van der Waals surface area contributed by atoms with E-state index in [4.69, 9.17) is 4.74 Å². The van der Waals surface area contributed by atoms with Gasteiger partial charge in [0.15, 0.2) is 6.10 Å². The molecule has 0 unspecified atom stereocenters. The number of ether oxygens (including phenoxy) is 1. The van der Waals surface area contributed by atoms with Crippen molar-refractivity contribution in [3.63, 3.8) is 0 Å². The predicted octanol–water partition coefficient (Wildman–Crippen LogP) is 3.77. The lowest BCUT2D eigenvalue weighted by molar-refractivity contribution is -0.141. The van der Waals surface area contributed by atoms with E-state index >= 15 is 0 Å². The summed E-state index contributed by atoms with van der Waals surface area (Å²) in [5, 5.41) is 0. The number of amides is 2. The number of carbonyl (C=O) groups excluding carboxylic acids is 3. The van der Waals surface area contributed by atoms with Crippen molar-refractivity contribution in [1.29, 1.82) is 0 Å². The van der Waals surface area contributed by atoms with Gasteiger partial charge in [-0.3, -0.25) is 9.59 Å². The highest BCUT2D eigenvalue weighted by atomic mass is 16.5. The van der Waals surface area contributed by atoms with Crippen molar-refractivity contribution in [2.75, 3.05) is 25.0 Å². The third kappa shape index (κ3) is 4.87. The molecule has 30 heavy (non-hydrogen) atoms. The van der Waals surface area contributed by atoms with Crippen molar-refractivity contribution in [3.05, 3.63) is 65.7 Å². The van der Waals surface area contributed by atoms with Gasteiger partial charge in [-0.25, -0.2) is 4.79 Å². The van der Waals surface area contributed by atoms with Crippen molar-refractivity contribution >= 4 is 23.5 Å². The molecule has 1 saturated heterocycles. The molecule has 0 saturated carbocycles. The number of esters is 1. The molecule has 1 aliphatic heterocycles. The van der Waals surface area contributed by atoms with Gasteiger partial charge in [0.05, 0.1) is 11.1 Å². The van der Waals surface area contributed by atoms with E-state index < -0.39 is 12.1 Å². The van der Waals surface area contributed by atoms with Crippen LogP contribution in [0.15, 0.2) is 54.6 Å². The van der Waals surface area contributed by atoms with Gasteiger partial charge in [-0.1, -0.05) is 37.3 Å². The first-order valence-electron chi connectivity index (χ1n) is 10.3. The molecule has 6 heteroatoms. The summed E-state index contributed by atoms with van der Waals surface area (Å²) in [5.74, 6) is -0.587. The number of benzene rings is 2. The number of rotatable bonds is 5. The number of likely N-dealkylation sites (tertiary alicyclic amines) is 1. The Bertz CT molecular complexity index is 904. The number of para-hydroxylation sites is 1. The summed E-state index contributed by atoms with van der Waals surface area (Å²) < 4.78 is 5.45. The Balaban J connectivity index is 1.72. The molecule has 1 fully saturated rings. The quantitative estimate of drug-likeness (QED) is 0.707. The Morgan fingerprint density at radius 3 is 2.17 bits per heavy atom. The zero-order valence-corrected chi connectivity index (χ0v) is 17.7. The van der Waals surface area contributed by atoms with E-state index in [-0.39, 0.29) is 22.9 Å². The van der Waals surface area contributed by atoms with Gasteiger partial charge in [-0.05, 0) is 49.9 Å². The van der Waals surface area contributed by atoms with E-state index in [0.717, 1.165) is 12.8 Å². The van der Waals surface area contributed by atoms with Crippen LogP contribution >= 0.6 is 0 Å². The number of piperidine rings is 1. The van der Waals surface area contributed by atoms with Gasteiger partial charge in [-0.15, -0.1) is 0 Å². The maximum Gasteiger partial charge on any atom is 0.339 e. The smallest absolute Gasteiger partial charge is 0.339 e. The van der Waals surface area contributed by atoms with Crippen LogP contribution in [-0.2, 0) is 9.53 Å².